The van der Waals surface area contributed by atoms with Crippen molar-refractivity contribution in [3.8, 4) is 0 Å². The van der Waals surface area contributed by atoms with Gasteiger partial charge in [-0.3, -0.25) is 0 Å². The Morgan fingerprint density at radius 2 is 2.22 bits per heavy atom. The molecule has 1 rings (SSSR count). The third kappa shape index (κ3) is 5.12. The zero-order chi connectivity index (χ0) is 13.4. The largest absolute Gasteiger partial charge is 0.463 e. The van der Waals surface area contributed by atoms with Crippen molar-refractivity contribution in [3.63, 3.8) is 0 Å². The fourth-order valence-electron chi connectivity index (χ4n) is 1.44. The molecule has 1 aliphatic heterocycles. The van der Waals surface area contributed by atoms with Crippen LogP contribution in [-0.4, -0.2) is 42.0 Å². The average Bonchev–Trinajstić information content (AvgIpc) is 2.81. The molecular weight excluding hydrogens is 234 g/mol. The minimum atomic E-state index is -0.846. The Bertz CT molecular complexity index is 360. The van der Waals surface area contributed by atoms with Gasteiger partial charge in [0.25, 0.3) is 0 Å². The second kappa shape index (κ2) is 7.63. The molecule has 0 aromatic carbocycles. The SMILES string of the molecule is CCCCOC(=O)C(C)OC(=O)C[N+]1=CCC=C1. The van der Waals surface area contributed by atoms with E-state index in [1.807, 2.05) is 25.4 Å². The standard InChI is InChI=1S/C13H20NO4/c1-3-4-9-17-13(16)11(2)18-12(15)10-14-7-5-6-8-14/h5,7-8,11H,3-4,6,9-10H2,1-2H3/q+1. The van der Waals surface area contributed by atoms with E-state index < -0.39 is 18.0 Å². The summed E-state index contributed by atoms with van der Waals surface area (Å²) in [5.74, 6) is -0.921. The number of rotatable bonds is 7. The van der Waals surface area contributed by atoms with Crippen molar-refractivity contribution < 1.29 is 23.6 Å². The fraction of sp³-hybridized carbons (Fsp3) is 0.615. The molecule has 0 aromatic heterocycles. The lowest BCUT2D eigenvalue weighted by molar-refractivity contribution is -0.440. The van der Waals surface area contributed by atoms with Gasteiger partial charge in [-0.1, -0.05) is 13.3 Å². The molecule has 1 unspecified atom stereocenters. The topological polar surface area (TPSA) is 55.6 Å². The van der Waals surface area contributed by atoms with E-state index in [9.17, 15) is 9.59 Å². The van der Waals surface area contributed by atoms with E-state index in [4.69, 9.17) is 9.47 Å². The number of nitrogens with zero attached hydrogens (tertiary/aromatic N) is 1. The van der Waals surface area contributed by atoms with Gasteiger partial charge in [0.2, 0.25) is 6.54 Å². The molecular formula is C13H20NO4+. The summed E-state index contributed by atoms with van der Waals surface area (Å²) in [7, 11) is 0. The second-order valence-corrected chi connectivity index (χ2v) is 4.13. The number of allylic oxidation sites excluding steroid dienone is 1. The van der Waals surface area contributed by atoms with Gasteiger partial charge in [-0.2, -0.15) is 4.58 Å². The van der Waals surface area contributed by atoms with Crippen LogP contribution in [0.4, 0.5) is 0 Å². The van der Waals surface area contributed by atoms with E-state index in [1.54, 1.807) is 4.58 Å². The summed E-state index contributed by atoms with van der Waals surface area (Å²) in [6.45, 7) is 4.04. The molecule has 5 nitrogen and oxygen atoms in total. The van der Waals surface area contributed by atoms with Gasteiger partial charge in [-0.15, -0.1) is 0 Å². The second-order valence-electron chi connectivity index (χ2n) is 4.13. The lowest BCUT2D eigenvalue weighted by atomic mass is 10.3. The maximum absolute atomic E-state index is 11.5. The minimum Gasteiger partial charge on any atom is -0.463 e. The number of hydrogen-bond donors (Lipinski definition) is 0. The van der Waals surface area contributed by atoms with E-state index in [0.29, 0.717) is 6.61 Å². The summed E-state index contributed by atoms with van der Waals surface area (Å²) in [4.78, 5) is 23.0. The first-order chi connectivity index (χ1) is 8.63. The molecule has 100 valence electrons. The average molecular weight is 254 g/mol. The van der Waals surface area contributed by atoms with Crippen molar-refractivity contribution in [3.05, 3.63) is 12.3 Å². The molecule has 1 heterocycles. The monoisotopic (exact) mass is 254 g/mol. The maximum atomic E-state index is 11.5. The molecule has 18 heavy (non-hydrogen) atoms. The van der Waals surface area contributed by atoms with E-state index in [-0.39, 0.29) is 6.54 Å². The van der Waals surface area contributed by atoms with Crippen LogP contribution in [0, 0.1) is 0 Å². The van der Waals surface area contributed by atoms with Crippen molar-refractivity contribution in [2.24, 2.45) is 0 Å². The Balaban J connectivity index is 2.25. The van der Waals surface area contributed by atoms with E-state index in [1.165, 1.54) is 6.92 Å². The summed E-state index contributed by atoms with van der Waals surface area (Å²) >= 11 is 0. The van der Waals surface area contributed by atoms with Crippen molar-refractivity contribution >= 4 is 18.2 Å². The summed E-state index contributed by atoms with van der Waals surface area (Å²) in [6, 6.07) is 0. The Morgan fingerprint density at radius 3 is 2.83 bits per heavy atom. The van der Waals surface area contributed by atoms with Crippen LogP contribution in [0.3, 0.4) is 0 Å². The van der Waals surface area contributed by atoms with Gasteiger partial charge in [-0.05, 0) is 19.4 Å². The third-order valence-electron chi connectivity index (χ3n) is 2.47. The highest BCUT2D eigenvalue weighted by atomic mass is 16.6. The zero-order valence-electron chi connectivity index (χ0n) is 10.9. The number of carbonyl (C=O) groups excluding carboxylic acids is 2. The predicted octanol–water partition coefficient (Wildman–Crippen LogP) is 1.26. The highest BCUT2D eigenvalue weighted by Crippen LogP contribution is 1.99. The number of ether oxygens (including phenoxy) is 2. The smallest absolute Gasteiger partial charge is 0.373 e. The van der Waals surface area contributed by atoms with Gasteiger partial charge in [-0.25, -0.2) is 9.59 Å². The van der Waals surface area contributed by atoms with Gasteiger partial charge in [0.05, 0.1) is 6.61 Å². The van der Waals surface area contributed by atoms with E-state index in [0.717, 1.165) is 19.3 Å². The van der Waals surface area contributed by atoms with Crippen LogP contribution in [0.15, 0.2) is 12.3 Å². The Labute approximate surface area is 107 Å². The van der Waals surface area contributed by atoms with Crippen LogP contribution in [0.2, 0.25) is 0 Å². The van der Waals surface area contributed by atoms with Crippen molar-refractivity contribution in [2.75, 3.05) is 13.2 Å². The molecule has 0 amide bonds. The molecule has 0 saturated heterocycles. The molecule has 5 heteroatoms. The molecule has 1 atom stereocenters. The van der Waals surface area contributed by atoms with E-state index >= 15 is 0 Å². The van der Waals surface area contributed by atoms with Crippen LogP contribution in [0.25, 0.3) is 0 Å². The minimum absolute atomic E-state index is 0.128. The molecule has 0 bridgehead atoms. The van der Waals surface area contributed by atoms with Crippen molar-refractivity contribution in [2.45, 2.75) is 39.2 Å². The van der Waals surface area contributed by atoms with Gasteiger partial charge in [0.15, 0.2) is 12.3 Å². The van der Waals surface area contributed by atoms with Crippen molar-refractivity contribution in [1.82, 2.24) is 0 Å². The first-order valence-corrected chi connectivity index (χ1v) is 6.25. The number of carbonyl (C=O) groups is 2. The van der Waals surface area contributed by atoms with Gasteiger partial charge in [0, 0.05) is 6.42 Å². The highest BCUT2D eigenvalue weighted by molar-refractivity contribution is 5.79. The van der Waals surface area contributed by atoms with Crippen LogP contribution in [0.1, 0.15) is 33.1 Å². The summed E-state index contributed by atoms with van der Waals surface area (Å²) in [6.07, 6.45) is 7.38. The summed E-state index contributed by atoms with van der Waals surface area (Å²) in [5, 5.41) is 0. The highest BCUT2D eigenvalue weighted by Gasteiger charge is 2.22. The number of hydrogen-bond acceptors (Lipinski definition) is 4. The Kier molecular flexibility index (Phi) is 6.11. The summed E-state index contributed by atoms with van der Waals surface area (Å²) in [5.41, 5.74) is 0. The molecule has 0 aliphatic carbocycles. The summed E-state index contributed by atoms with van der Waals surface area (Å²) < 4.78 is 11.7. The normalized spacial score (nSPS) is 15.1. The Morgan fingerprint density at radius 1 is 1.44 bits per heavy atom. The third-order valence-corrected chi connectivity index (χ3v) is 2.47. The van der Waals surface area contributed by atoms with Crippen LogP contribution >= 0.6 is 0 Å². The lowest BCUT2D eigenvalue weighted by Crippen LogP contribution is -2.29. The number of esters is 2. The van der Waals surface area contributed by atoms with Crippen LogP contribution < -0.4 is 0 Å². The van der Waals surface area contributed by atoms with Crippen LogP contribution in [0.5, 0.6) is 0 Å². The zero-order valence-corrected chi connectivity index (χ0v) is 10.9. The lowest BCUT2D eigenvalue weighted by Gasteiger charge is -2.11. The first kappa shape index (κ1) is 14.4. The quantitative estimate of drug-likeness (QED) is 0.390. The Hall–Kier alpha value is -1.65. The van der Waals surface area contributed by atoms with E-state index in [2.05, 4.69) is 0 Å². The molecule has 0 spiro atoms. The first-order valence-electron chi connectivity index (χ1n) is 6.25. The van der Waals surface area contributed by atoms with Gasteiger partial charge < -0.3 is 9.47 Å². The molecule has 0 fully saturated rings. The predicted molar refractivity (Wildman–Crippen MR) is 66.4 cm³/mol. The van der Waals surface area contributed by atoms with Crippen LogP contribution in [-0.2, 0) is 19.1 Å². The molecule has 0 saturated carbocycles. The molecule has 0 aromatic rings. The molecule has 0 radical (unpaired) electrons. The number of unbranched alkanes of at least 4 members (excludes halogenated alkanes) is 1. The molecule has 0 N–H and O–H groups in total. The molecule has 1 aliphatic rings. The van der Waals surface area contributed by atoms with Gasteiger partial charge in [0.1, 0.15) is 6.21 Å². The van der Waals surface area contributed by atoms with Crippen molar-refractivity contribution in [1.29, 1.82) is 0 Å². The fourth-order valence-corrected chi connectivity index (χ4v) is 1.44. The van der Waals surface area contributed by atoms with Gasteiger partial charge >= 0.3 is 11.9 Å². The maximum Gasteiger partial charge on any atom is 0.373 e.